The van der Waals surface area contributed by atoms with Crippen LogP contribution in [-0.4, -0.2) is 23.5 Å². The molecule has 5 rings (SSSR count). The largest absolute Gasteiger partial charge is 0.462 e. The van der Waals surface area contributed by atoms with Crippen molar-refractivity contribution in [2.75, 3.05) is 11.9 Å². The van der Waals surface area contributed by atoms with E-state index in [1.165, 1.54) is 21.8 Å². The highest BCUT2D eigenvalue weighted by molar-refractivity contribution is 7.17. The number of esters is 1. The van der Waals surface area contributed by atoms with Crippen LogP contribution >= 0.6 is 11.3 Å². The molecule has 0 unspecified atom stereocenters. The molecular weight excluding hydrogens is 480 g/mol. The molecule has 0 bridgehead atoms. The van der Waals surface area contributed by atoms with E-state index < -0.39 is 0 Å². The maximum absolute atomic E-state index is 13.8. The number of carbonyl (C=O) groups is 2. The van der Waals surface area contributed by atoms with Gasteiger partial charge in [-0.05, 0) is 61.3 Å². The Balaban J connectivity index is 1.55. The van der Waals surface area contributed by atoms with Crippen LogP contribution in [0.5, 0.6) is 0 Å². The molecule has 1 amide bonds. The molecule has 6 heteroatoms. The fourth-order valence-corrected chi connectivity index (χ4v) is 6.31. The highest BCUT2D eigenvalue weighted by Crippen LogP contribution is 2.40. The fourth-order valence-electron chi connectivity index (χ4n) is 4.91. The number of carbonyl (C=O) groups excluding carboxylic acids is 2. The number of fused-ring (bicyclic) bond motifs is 2. The van der Waals surface area contributed by atoms with Crippen molar-refractivity contribution in [1.82, 2.24) is 4.98 Å². The van der Waals surface area contributed by atoms with Crippen LogP contribution in [0.15, 0.2) is 54.6 Å². The van der Waals surface area contributed by atoms with Gasteiger partial charge in [-0.3, -0.25) is 4.79 Å². The Kier molecular flexibility index (Phi) is 7.38. The van der Waals surface area contributed by atoms with Gasteiger partial charge in [-0.25, -0.2) is 9.78 Å². The standard InChI is InChI=1S/C31H32N2O3S/c1-4-16-36-31(35)28-23-15-10-19(3)17-27(23)37-30(28)33-29(34)24-18-26(21-13-11-20(5-2)12-14-21)32-25-9-7-6-8-22(24)25/h6-9,11-14,18-19H,4-5,10,15-17H2,1-3H3,(H,33,34)/t19-/m1/s1. The van der Waals surface area contributed by atoms with Crippen molar-refractivity contribution < 1.29 is 14.3 Å². The number of hydrogen-bond acceptors (Lipinski definition) is 5. The lowest BCUT2D eigenvalue weighted by Gasteiger charge is -2.18. The quantitative estimate of drug-likeness (QED) is 0.261. The molecule has 1 aliphatic rings. The number of aryl methyl sites for hydroxylation is 1. The Morgan fingerprint density at radius 2 is 1.89 bits per heavy atom. The third kappa shape index (κ3) is 5.16. The van der Waals surface area contributed by atoms with E-state index in [0.29, 0.717) is 28.7 Å². The fraction of sp³-hybridized carbons (Fsp3) is 0.323. The number of pyridine rings is 1. The van der Waals surface area contributed by atoms with Crippen molar-refractivity contribution in [3.05, 3.63) is 81.7 Å². The summed E-state index contributed by atoms with van der Waals surface area (Å²) in [5, 5.41) is 4.46. The average molecular weight is 513 g/mol. The van der Waals surface area contributed by atoms with Crippen LogP contribution in [0.25, 0.3) is 22.2 Å². The topological polar surface area (TPSA) is 68.3 Å². The maximum atomic E-state index is 13.8. The second kappa shape index (κ2) is 10.9. The summed E-state index contributed by atoms with van der Waals surface area (Å²) in [5.41, 5.74) is 5.81. The number of rotatable bonds is 7. The van der Waals surface area contributed by atoms with Crippen molar-refractivity contribution in [3.8, 4) is 11.3 Å². The van der Waals surface area contributed by atoms with Crippen LogP contribution in [0.3, 0.4) is 0 Å². The number of nitrogens with zero attached hydrogens (tertiary/aromatic N) is 1. The molecule has 0 fully saturated rings. The minimum Gasteiger partial charge on any atom is -0.462 e. The molecule has 0 aliphatic heterocycles. The summed E-state index contributed by atoms with van der Waals surface area (Å²) in [6.45, 7) is 6.69. The predicted octanol–water partition coefficient (Wildman–Crippen LogP) is 7.47. The summed E-state index contributed by atoms with van der Waals surface area (Å²) in [4.78, 5) is 32.9. The van der Waals surface area contributed by atoms with Crippen molar-refractivity contribution in [2.45, 2.75) is 52.9 Å². The lowest BCUT2D eigenvalue weighted by molar-refractivity contribution is 0.0505. The summed E-state index contributed by atoms with van der Waals surface area (Å²) < 4.78 is 5.53. The highest BCUT2D eigenvalue weighted by atomic mass is 32.1. The molecule has 0 spiro atoms. The summed E-state index contributed by atoms with van der Waals surface area (Å²) in [6.07, 6.45) is 4.49. The van der Waals surface area contributed by atoms with Crippen LogP contribution in [0, 0.1) is 5.92 Å². The van der Waals surface area contributed by atoms with Gasteiger partial charge < -0.3 is 10.1 Å². The number of ether oxygens (including phenoxy) is 1. The van der Waals surface area contributed by atoms with Crippen LogP contribution in [0.1, 0.15) is 70.3 Å². The average Bonchev–Trinajstić information content (AvgIpc) is 3.27. The Bertz CT molecular complexity index is 1460. The molecule has 2 aromatic carbocycles. The van der Waals surface area contributed by atoms with Crippen molar-refractivity contribution >= 4 is 39.1 Å². The molecule has 2 aromatic heterocycles. The zero-order valence-corrected chi connectivity index (χ0v) is 22.4. The van der Waals surface area contributed by atoms with Gasteiger partial charge in [0.1, 0.15) is 5.00 Å². The van der Waals surface area contributed by atoms with Crippen molar-refractivity contribution in [3.63, 3.8) is 0 Å². The van der Waals surface area contributed by atoms with E-state index in [1.54, 1.807) is 0 Å². The van der Waals surface area contributed by atoms with E-state index >= 15 is 0 Å². The number of para-hydroxylation sites is 1. The van der Waals surface area contributed by atoms with E-state index in [1.807, 2.05) is 49.4 Å². The molecular formula is C31H32N2O3S. The van der Waals surface area contributed by atoms with Gasteiger partial charge in [-0.15, -0.1) is 11.3 Å². The Morgan fingerprint density at radius 1 is 1.11 bits per heavy atom. The van der Waals surface area contributed by atoms with Gasteiger partial charge in [0.2, 0.25) is 0 Å². The van der Waals surface area contributed by atoms with E-state index in [2.05, 4.69) is 31.3 Å². The number of nitrogens with one attached hydrogen (secondary N) is 1. The van der Waals surface area contributed by atoms with Crippen LogP contribution < -0.4 is 5.32 Å². The minimum absolute atomic E-state index is 0.249. The number of benzene rings is 2. The third-order valence-corrected chi connectivity index (χ3v) is 8.17. The molecule has 1 aliphatic carbocycles. The van der Waals surface area contributed by atoms with Gasteiger partial charge in [0, 0.05) is 15.8 Å². The zero-order valence-electron chi connectivity index (χ0n) is 21.6. The van der Waals surface area contributed by atoms with Crippen LogP contribution in [-0.2, 0) is 24.0 Å². The number of aromatic nitrogens is 1. The third-order valence-electron chi connectivity index (χ3n) is 7.00. The Labute approximate surface area is 221 Å². The Hall–Kier alpha value is -3.51. The monoisotopic (exact) mass is 512 g/mol. The lowest BCUT2D eigenvalue weighted by atomic mass is 9.88. The minimum atomic E-state index is -0.347. The zero-order chi connectivity index (χ0) is 25.9. The number of hydrogen-bond donors (Lipinski definition) is 1. The summed E-state index contributed by atoms with van der Waals surface area (Å²) in [7, 11) is 0. The van der Waals surface area contributed by atoms with Crippen LogP contribution in [0.2, 0.25) is 0 Å². The normalized spacial score (nSPS) is 14.8. The first-order valence-electron chi connectivity index (χ1n) is 13.1. The summed E-state index contributed by atoms with van der Waals surface area (Å²) in [5.74, 6) is -0.0401. The second-order valence-electron chi connectivity index (χ2n) is 9.77. The second-order valence-corrected chi connectivity index (χ2v) is 10.9. The molecule has 5 nitrogen and oxygen atoms in total. The first kappa shape index (κ1) is 25.2. The number of amides is 1. The van der Waals surface area contributed by atoms with Crippen LogP contribution in [0.4, 0.5) is 5.00 Å². The first-order chi connectivity index (χ1) is 18.0. The molecule has 190 valence electrons. The predicted molar refractivity (Wildman–Crippen MR) is 151 cm³/mol. The van der Waals surface area contributed by atoms with E-state index in [0.717, 1.165) is 59.8 Å². The molecule has 1 N–H and O–H groups in total. The number of thiophene rings is 1. The molecule has 0 radical (unpaired) electrons. The maximum Gasteiger partial charge on any atom is 0.341 e. The van der Waals surface area contributed by atoms with Gasteiger partial charge in [0.25, 0.3) is 5.91 Å². The smallest absolute Gasteiger partial charge is 0.341 e. The summed E-state index contributed by atoms with van der Waals surface area (Å²) >= 11 is 1.51. The van der Waals surface area contributed by atoms with Crippen molar-refractivity contribution in [2.24, 2.45) is 5.92 Å². The lowest BCUT2D eigenvalue weighted by Crippen LogP contribution is -2.17. The van der Waals surface area contributed by atoms with Gasteiger partial charge in [0.15, 0.2) is 0 Å². The molecule has 2 heterocycles. The molecule has 1 atom stereocenters. The number of anilines is 1. The highest BCUT2D eigenvalue weighted by Gasteiger charge is 2.29. The van der Waals surface area contributed by atoms with Gasteiger partial charge >= 0.3 is 5.97 Å². The van der Waals surface area contributed by atoms with Crippen molar-refractivity contribution in [1.29, 1.82) is 0 Å². The molecule has 4 aromatic rings. The van der Waals surface area contributed by atoms with E-state index in [9.17, 15) is 9.59 Å². The van der Waals surface area contributed by atoms with E-state index in [4.69, 9.17) is 9.72 Å². The first-order valence-corrected chi connectivity index (χ1v) is 13.9. The van der Waals surface area contributed by atoms with Gasteiger partial charge in [-0.2, -0.15) is 0 Å². The summed E-state index contributed by atoms with van der Waals surface area (Å²) in [6, 6.07) is 17.8. The van der Waals surface area contributed by atoms with Gasteiger partial charge in [0.05, 0.1) is 28.9 Å². The molecule has 0 saturated carbocycles. The van der Waals surface area contributed by atoms with Gasteiger partial charge in [-0.1, -0.05) is 63.2 Å². The SMILES string of the molecule is CCCOC(=O)c1c(NC(=O)c2cc(-c3ccc(CC)cc3)nc3ccccc23)sc2c1CC[C@@H](C)C2. The van der Waals surface area contributed by atoms with E-state index in [-0.39, 0.29) is 11.9 Å². The Morgan fingerprint density at radius 3 is 2.65 bits per heavy atom. The molecule has 37 heavy (non-hydrogen) atoms. The molecule has 0 saturated heterocycles.